The van der Waals surface area contributed by atoms with Gasteiger partial charge in [-0.3, -0.25) is 14.4 Å². The van der Waals surface area contributed by atoms with Gasteiger partial charge in [-0.05, 0) is 48.5 Å². The molecule has 0 bridgehead atoms. The van der Waals surface area contributed by atoms with Crippen LogP contribution in [0.3, 0.4) is 0 Å². The lowest BCUT2D eigenvalue weighted by Crippen LogP contribution is -2.50. The predicted molar refractivity (Wildman–Crippen MR) is 124 cm³/mol. The summed E-state index contributed by atoms with van der Waals surface area (Å²) >= 11 is 0. The average molecular weight is 499 g/mol. The minimum atomic E-state index is -4.54. The van der Waals surface area contributed by atoms with E-state index in [0.717, 1.165) is 12.1 Å². The number of carbonyl (C=O) groups excluding carboxylic acids is 3. The van der Waals surface area contributed by atoms with Crippen molar-refractivity contribution in [2.24, 2.45) is 0 Å². The van der Waals surface area contributed by atoms with Crippen molar-refractivity contribution in [3.8, 4) is 0 Å². The molecule has 0 aliphatic carbocycles. The third-order valence-corrected chi connectivity index (χ3v) is 5.78. The number of nitrogens with zero attached hydrogens (tertiary/aromatic N) is 2. The van der Waals surface area contributed by atoms with E-state index in [4.69, 9.17) is 0 Å². The number of piperazine rings is 1. The summed E-state index contributed by atoms with van der Waals surface area (Å²) in [5.41, 5.74) is -0.622. The molecule has 1 aliphatic heterocycles. The number of halogens is 4. The summed E-state index contributed by atoms with van der Waals surface area (Å²) in [6.07, 6.45) is -4.54. The van der Waals surface area contributed by atoms with E-state index in [9.17, 15) is 31.9 Å². The number of rotatable bonds is 4. The maximum Gasteiger partial charge on any atom is 0.416 e. The van der Waals surface area contributed by atoms with Crippen LogP contribution in [0.2, 0.25) is 0 Å². The number of benzene rings is 3. The van der Waals surface area contributed by atoms with Gasteiger partial charge in [0.25, 0.3) is 17.7 Å². The van der Waals surface area contributed by atoms with Crippen molar-refractivity contribution in [3.05, 3.63) is 101 Å². The minimum Gasteiger partial charge on any atom is -0.335 e. The van der Waals surface area contributed by atoms with E-state index in [1.54, 1.807) is 6.07 Å². The average Bonchev–Trinajstić information content (AvgIpc) is 2.88. The zero-order valence-electron chi connectivity index (χ0n) is 18.9. The normalized spacial score (nSPS) is 13.9. The van der Waals surface area contributed by atoms with Crippen molar-refractivity contribution in [1.82, 2.24) is 9.80 Å². The second-order valence-corrected chi connectivity index (χ2v) is 8.18. The molecule has 0 aromatic heterocycles. The molecule has 1 aliphatic rings. The van der Waals surface area contributed by atoms with Crippen molar-refractivity contribution in [2.75, 3.05) is 31.5 Å². The van der Waals surface area contributed by atoms with Crippen molar-refractivity contribution in [1.29, 1.82) is 0 Å². The van der Waals surface area contributed by atoms with Gasteiger partial charge in [0.2, 0.25) is 0 Å². The van der Waals surface area contributed by atoms with Gasteiger partial charge in [-0.15, -0.1) is 0 Å². The quantitative estimate of drug-likeness (QED) is 0.530. The van der Waals surface area contributed by atoms with E-state index < -0.39 is 29.4 Å². The monoisotopic (exact) mass is 499 g/mol. The van der Waals surface area contributed by atoms with Crippen LogP contribution in [0.5, 0.6) is 0 Å². The second kappa shape index (κ2) is 10.2. The molecular formula is C26H21F4N3O3. The Hall–Kier alpha value is -4.21. The van der Waals surface area contributed by atoms with E-state index >= 15 is 0 Å². The topological polar surface area (TPSA) is 69.7 Å². The van der Waals surface area contributed by atoms with E-state index in [0.29, 0.717) is 0 Å². The Morgan fingerprint density at radius 2 is 1.33 bits per heavy atom. The fourth-order valence-electron chi connectivity index (χ4n) is 3.87. The van der Waals surface area contributed by atoms with Gasteiger partial charge in [0.1, 0.15) is 5.82 Å². The second-order valence-electron chi connectivity index (χ2n) is 8.18. The number of amides is 3. The Kier molecular flexibility index (Phi) is 7.05. The number of carbonyl (C=O) groups is 3. The highest BCUT2D eigenvalue weighted by molar-refractivity contribution is 6.06. The van der Waals surface area contributed by atoms with Crippen molar-refractivity contribution < 1.29 is 31.9 Å². The largest absolute Gasteiger partial charge is 0.416 e. The van der Waals surface area contributed by atoms with Gasteiger partial charge in [-0.2, -0.15) is 13.2 Å². The highest BCUT2D eigenvalue weighted by Crippen LogP contribution is 2.30. The Balaban J connectivity index is 1.40. The van der Waals surface area contributed by atoms with Gasteiger partial charge >= 0.3 is 6.18 Å². The van der Waals surface area contributed by atoms with Gasteiger partial charge < -0.3 is 15.1 Å². The van der Waals surface area contributed by atoms with Crippen molar-refractivity contribution >= 4 is 23.4 Å². The molecule has 1 N–H and O–H groups in total. The molecule has 0 spiro atoms. The van der Waals surface area contributed by atoms with Crippen LogP contribution >= 0.6 is 0 Å². The summed E-state index contributed by atoms with van der Waals surface area (Å²) in [5, 5.41) is 2.42. The standard InChI is InChI=1S/C26H21F4N3O3/c27-22-10-2-1-9-21(22)25(36)33-13-11-32(12-14-33)24(35)18-6-3-5-17(15-18)23(34)31-20-8-4-7-19(16-20)26(28,29)30/h1-10,15-16H,11-14H2,(H,31,34). The Morgan fingerprint density at radius 3 is 2.00 bits per heavy atom. The maximum atomic E-state index is 13.9. The summed E-state index contributed by atoms with van der Waals surface area (Å²) in [7, 11) is 0. The fourth-order valence-corrected chi connectivity index (χ4v) is 3.87. The summed E-state index contributed by atoms with van der Waals surface area (Å²) in [5.74, 6) is -2.08. The maximum absolute atomic E-state index is 13.9. The van der Waals surface area contributed by atoms with Crippen LogP contribution in [0.1, 0.15) is 36.6 Å². The molecule has 0 atom stereocenters. The van der Waals surface area contributed by atoms with E-state index in [1.165, 1.54) is 64.4 Å². The SMILES string of the molecule is O=C(Nc1cccc(C(F)(F)F)c1)c1cccc(C(=O)N2CCN(C(=O)c3ccccc3F)CC2)c1. The molecule has 10 heteroatoms. The lowest BCUT2D eigenvalue weighted by molar-refractivity contribution is -0.137. The first-order chi connectivity index (χ1) is 17.1. The van der Waals surface area contributed by atoms with Gasteiger partial charge in [0.15, 0.2) is 0 Å². The van der Waals surface area contributed by atoms with E-state index in [2.05, 4.69) is 5.32 Å². The molecule has 1 fully saturated rings. The highest BCUT2D eigenvalue weighted by atomic mass is 19.4. The van der Waals surface area contributed by atoms with E-state index in [1.807, 2.05) is 0 Å². The number of nitrogens with one attached hydrogen (secondary N) is 1. The summed E-state index contributed by atoms with van der Waals surface area (Å²) in [6.45, 7) is 0.878. The van der Waals surface area contributed by atoms with Crippen LogP contribution in [-0.2, 0) is 6.18 Å². The van der Waals surface area contributed by atoms with Crippen molar-refractivity contribution in [3.63, 3.8) is 0 Å². The minimum absolute atomic E-state index is 0.0257. The number of hydrogen-bond donors (Lipinski definition) is 1. The van der Waals surface area contributed by atoms with Gasteiger partial charge in [-0.1, -0.05) is 24.3 Å². The molecule has 0 unspecified atom stereocenters. The summed E-state index contributed by atoms with van der Waals surface area (Å²) in [6, 6.07) is 15.8. The van der Waals surface area contributed by atoms with Crippen molar-refractivity contribution in [2.45, 2.75) is 6.18 Å². The van der Waals surface area contributed by atoms with Crippen LogP contribution in [0.25, 0.3) is 0 Å². The smallest absolute Gasteiger partial charge is 0.335 e. The molecule has 4 rings (SSSR count). The molecule has 3 amide bonds. The first-order valence-electron chi connectivity index (χ1n) is 11.1. The molecule has 3 aromatic rings. The van der Waals surface area contributed by atoms with Gasteiger partial charge in [0, 0.05) is 43.0 Å². The highest BCUT2D eigenvalue weighted by Gasteiger charge is 2.31. The number of hydrogen-bond acceptors (Lipinski definition) is 3. The summed E-state index contributed by atoms with van der Waals surface area (Å²) < 4.78 is 52.7. The Labute approximate surface area is 204 Å². The Bertz CT molecular complexity index is 1300. The number of alkyl halides is 3. The molecule has 0 saturated carbocycles. The lowest BCUT2D eigenvalue weighted by atomic mass is 10.1. The molecule has 3 aromatic carbocycles. The molecule has 6 nitrogen and oxygen atoms in total. The molecule has 1 saturated heterocycles. The first kappa shape index (κ1) is 24.9. The number of anilines is 1. The zero-order chi connectivity index (χ0) is 25.9. The van der Waals surface area contributed by atoms with E-state index in [-0.39, 0.29) is 54.5 Å². The fraction of sp³-hybridized carbons (Fsp3) is 0.192. The third-order valence-electron chi connectivity index (χ3n) is 5.78. The predicted octanol–water partition coefficient (Wildman–Crippen LogP) is 4.70. The first-order valence-corrected chi connectivity index (χ1v) is 11.1. The molecule has 0 radical (unpaired) electrons. The zero-order valence-corrected chi connectivity index (χ0v) is 18.9. The van der Waals surface area contributed by atoms with Crippen LogP contribution < -0.4 is 5.32 Å². The van der Waals surface area contributed by atoms with Crippen LogP contribution in [0.4, 0.5) is 23.2 Å². The molecule has 1 heterocycles. The van der Waals surface area contributed by atoms with Crippen LogP contribution in [0.15, 0.2) is 72.8 Å². The van der Waals surface area contributed by atoms with Crippen LogP contribution in [0, 0.1) is 5.82 Å². The Morgan fingerprint density at radius 1 is 0.722 bits per heavy atom. The summed E-state index contributed by atoms with van der Waals surface area (Å²) in [4.78, 5) is 41.2. The van der Waals surface area contributed by atoms with Gasteiger partial charge in [0.05, 0.1) is 11.1 Å². The third kappa shape index (κ3) is 5.54. The van der Waals surface area contributed by atoms with Gasteiger partial charge in [-0.25, -0.2) is 4.39 Å². The van der Waals surface area contributed by atoms with Crippen LogP contribution in [-0.4, -0.2) is 53.7 Å². The molecule has 186 valence electrons. The lowest BCUT2D eigenvalue weighted by Gasteiger charge is -2.35. The molecule has 36 heavy (non-hydrogen) atoms. The molecular weight excluding hydrogens is 478 g/mol.